The maximum Gasteiger partial charge on any atom is 0.254 e. The fraction of sp³-hybridized carbons (Fsp3) is 0.643. The van der Waals surface area contributed by atoms with Crippen LogP contribution in [0.5, 0.6) is 0 Å². The molecule has 100 valence electrons. The Balaban J connectivity index is 2.07. The van der Waals surface area contributed by atoms with E-state index >= 15 is 0 Å². The number of carbonyl (C=O) groups is 1. The van der Waals surface area contributed by atoms with Crippen molar-refractivity contribution in [2.24, 2.45) is 0 Å². The van der Waals surface area contributed by atoms with Gasteiger partial charge in [0.05, 0.1) is 5.56 Å². The molecule has 3 nitrogen and oxygen atoms in total. The Hall–Kier alpha value is -0.870. The minimum absolute atomic E-state index is 0.186. The third-order valence-electron chi connectivity index (χ3n) is 3.83. The lowest BCUT2D eigenvalue weighted by Gasteiger charge is -2.35. The predicted molar refractivity (Wildman–Crippen MR) is 76.4 cm³/mol. The Kier molecular flexibility index (Phi) is 4.07. The summed E-state index contributed by atoms with van der Waals surface area (Å²) in [5.74, 6) is 0.186. The number of hydrogen-bond acceptors (Lipinski definition) is 3. The highest BCUT2D eigenvalue weighted by atomic mass is 32.1. The molecule has 1 aromatic rings. The molecule has 2 heterocycles. The second-order valence-corrected chi connectivity index (χ2v) is 6.74. The first-order chi connectivity index (χ1) is 8.49. The van der Waals surface area contributed by atoms with Crippen molar-refractivity contribution in [3.05, 3.63) is 21.4 Å². The van der Waals surface area contributed by atoms with Crippen LogP contribution < -0.4 is 0 Å². The Morgan fingerprint density at radius 3 is 2.50 bits per heavy atom. The van der Waals surface area contributed by atoms with E-state index < -0.39 is 0 Å². The second-order valence-electron chi connectivity index (χ2n) is 5.28. The zero-order valence-electron chi connectivity index (χ0n) is 11.7. The highest BCUT2D eigenvalue weighted by Gasteiger charge is 2.25. The van der Waals surface area contributed by atoms with Crippen molar-refractivity contribution < 1.29 is 4.79 Å². The van der Waals surface area contributed by atoms with Crippen molar-refractivity contribution in [3.63, 3.8) is 0 Å². The SMILES string of the molecule is Cc1cc(C(=O)N(C)C2CCN(C)CC2)c(C)s1. The van der Waals surface area contributed by atoms with Crippen molar-refractivity contribution in [2.45, 2.75) is 32.7 Å². The van der Waals surface area contributed by atoms with Crippen LogP contribution in [0.3, 0.4) is 0 Å². The van der Waals surface area contributed by atoms with Gasteiger partial charge < -0.3 is 9.80 Å². The van der Waals surface area contributed by atoms with Crippen LogP contribution in [-0.4, -0.2) is 48.9 Å². The first kappa shape index (κ1) is 13.6. The van der Waals surface area contributed by atoms with Gasteiger partial charge in [-0.2, -0.15) is 0 Å². The molecule has 1 aliphatic rings. The van der Waals surface area contributed by atoms with E-state index in [1.165, 1.54) is 4.88 Å². The number of hydrogen-bond donors (Lipinski definition) is 0. The zero-order chi connectivity index (χ0) is 13.3. The number of amides is 1. The van der Waals surface area contributed by atoms with E-state index in [1.807, 2.05) is 24.9 Å². The number of nitrogens with zero attached hydrogens (tertiary/aromatic N) is 2. The molecule has 18 heavy (non-hydrogen) atoms. The zero-order valence-corrected chi connectivity index (χ0v) is 12.5. The van der Waals surface area contributed by atoms with Gasteiger partial charge in [0.25, 0.3) is 5.91 Å². The number of aryl methyl sites for hydroxylation is 2. The molecular formula is C14H22N2OS. The summed E-state index contributed by atoms with van der Waals surface area (Å²) in [6.07, 6.45) is 2.17. The second kappa shape index (κ2) is 5.41. The van der Waals surface area contributed by atoms with Crippen LogP contribution >= 0.6 is 11.3 Å². The minimum Gasteiger partial charge on any atom is -0.339 e. The van der Waals surface area contributed by atoms with E-state index in [9.17, 15) is 4.79 Å². The lowest BCUT2D eigenvalue weighted by atomic mass is 10.0. The fourth-order valence-electron chi connectivity index (χ4n) is 2.58. The molecule has 2 rings (SSSR count). The van der Waals surface area contributed by atoms with Gasteiger partial charge >= 0.3 is 0 Å². The molecule has 1 amide bonds. The average Bonchev–Trinajstić information content (AvgIpc) is 2.67. The summed E-state index contributed by atoms with van der Waals surface area (Å²) in [5, 5.41) is 0. The van der Waals surface area contributed by atoms with Crippen LogP contribution in [0.4, 0.5) is 0 Å². The van der Waals surface area contributed by atoms with E-state index in [0.29, 0.717) is 6.04 Å². The minimum atomic E-state index is 0.186. The van der Waals surface area contributed by atoms with Crippen molar-refractivity contribution in [3.8, 4) is 0 Å². The van der Waals surface area contributed by atoms with Gasteiger partial charge in [0, 0.05) is 22.8 Å². The molecule has 0 radical (unpaired) electrons. The summed E-state index contributed by atoms with van der Waals surface area (Å²) in [4.78, 5) is 19.1. The predicted octanol–water partition coefficient (Wildman–Crippen LogP) is 2.53. The molecule has 1 aromatic heterocycles. The molecule has 1 saturated heterocycles. The molecule has 0 unspecified atom stereocenters. The Bertz CT molecular complexity index is 433. The molecule has 1 fully saturated rings. The summed E-state index contributed by atoms with van der Waals surface area (Å²) in [7, 11) is 4.09. The molecule has 0 atom stereocenters. The topological polar surface area (TPSA) is 23.6 Å². The Morgan fingerprint density at radius 2 is 2.00 bits per heavy atom. The highest BCUT2D eigenvalue weighted by Crippen LogP contribution is 2.24. The van der Waals surface area contributed by atoms with Crippen LogP contribution in [0.2, 0.25) is 0 Å². The van der Waals surface area contributed by atoms with Crippen molar-refractivity contribution >= 4 is 17.2 Å². The lowest BCUT2D eigenvalue weighted by molar-refractivity contribution is 0.0659. The molecular weight excluding hydrogens is 244 g/mol. The number of thiophene rings is 1. The van der Waals surface area contributed by atoms with Gasteiger partial charge in [-0.1, -0.05) is 0 Å². The van der Waals surface area contributed by atoms with E-state index in [1.54, 1.807) is 11.3 Å². The molecule has 0 aromatic carbocycles. The summed E-state index contributed by atoms with van der Waals surface area (Å²) in [6.45, 7) is 6.27. The van der Waals surface area contributed by atoms with Crippen LogP contribution in [0.25, 0.3) is 0 Å². The van der Waals surface area contributed by atoms with Gasteiger partial charge in [0.15, 0.2) is 0 Å². The normalized spacial score (nSPS) is 18.0. The molecule has 4 heteroatoms. The first-order valence-electron chi connectivity index (χ1n) is 6.51. The van der Waals surface area contributed by atoms with E-state index in [2.05, 4.69) is 18.9 Å². The number of rotatable bonds is 2. The quantitative estimate of drug-likeness (QED) is 0.821. The molecule has 1 aliphatic heterocycles. The third kappa shape index (κ3) is 2.75. The smallest absolute Gasteiger partial charge is 0.254 e. The number of likely N-dealkylation sites (tertiary alicyclic amines) is 1. The molecule has 0 bridgehead atoms. The summed E-state index contributed by atoms with van der Waals surface area (Å²) < 4.78 is 0. The van der Waals surface area contributed by atoms with Crippen molar-refractivity contribution in [1.82, 2.24) is 9.80 Å². The standard InChI is InChI=1S/C14H22N2OS/c1-10-9-13(11(2)18-10)14(17)16(4)12-5-7-15(3)8-6-12/h9,12H,5-8H2,1-4H3. The molecule has 0 aliphatic carbocycles. The lowest BCUT2D eigenvalue weighted by Crippen LogP contribution is -2.44. The molecule has 0 spiro atoms. The van der Waals surface area contributed by atoms with Crippen LogP contribution in [-0.2, 0) is 0 Å². The van der Waals surface area contributed by atoms with Gasteiger partial charge in [-0.25, -0.2) is 0 Å². The summed E-state index contributed by atoms with van der Waals surface area (Å²) >= 11 is 1.71. The molecule has 0 N–H and O–H groups in total. The van der Waals surface area contributed by atoms with Gasteiger partial charge in [0.2, 0.25) is 0 Å². The van der Waals surface area contributed by atoms with Gasteiger partial charge in [-0.15, -0.1) is 11.3 Å². The van der Waals surface area contributed by atoms with Crippen LogP contribution in [0.1, 0.15) is 33.0 Å². The monoisotopic (exact) mass is 266 g/mol. The maximum absolute atomic E-state index is 12.5. The van der Waals surface area contributed by atoms with E-state index in [4.69, 9.17) is 0 Å². The largest absolute Gasteiger partial charge is 0.339 e. The van der Waals surface area contributed by atoms with Gasteiger partial charge in [0.1, 0.15) is 0 Å². The molecule has 0 saturated carbocycles. The first-order valence-corrected chi connectivity index (χ1v) is 7.33. The average molecular weight is 266 g/mol. The summed E-state index contributed by atoms with van der Waals surface area (Å²) in [6, 6.07) is 2.42. The third-order valence-corrected chi connectivity index (χ3v) is 4.79. The van der Waals surface area contributed by atoms with Crippen molar-refractivity contribution in [1.29, 1.82) is 0 Å². The Morgan fingerprint density at radius 1 is 1.39 bits per heavy atom. The number of piperidine rings is 1. The van der Waals surface area contributed by atoms with E-state index in [0.717, 1.165) is 36.4 Å². The van der Waals surface area contributed by atoms with Crippen LogP contribution in [0.15, 0.2) is 6.07 Å². The maximum atomic E-state index is 12.5. The number of carbonyl (C=O) groups excluding carboxylic acids is 1. The highest BCUT2D eigenvalue weighted by molar-refractivity contribution is 7.12. The van der Waals surface area contributed by atoms with Gasteiger partial charge in [-0.05, 0) is 52.9 Å². The van der Waals surface area contributed by atoms with Gasteiger partial charge in [-0.3, -0.25) is 4.79 Å². The summed E-state index contributed by atoms with van der Waals surface area (Å²) in [5.41, 5.74) is 0.888. The van der Waals surface area contributed by atoms with E-state index in [-0.39, 0.29) is 5.91 Å². The van der Waals surface area contributed by atoms with Crippen molar-refractivity contribution in [2.75, 3.05) is 27.2 Å². The van der Waals surface area contributed by atoms with Crippen LogP contribution in [0, 0.1) is 13.8 Å². The Labute approximate surface area is 113 Å². The fourth-order valence-corrected chi connectivity index (χ4v) is 3.50.